The predicted octanol–water partition coefficient (Wildman–Crippen LogP) is 2.75. The zero-order valence-corrected chi connectivity index (χ0v) is 13.8. The summed E-state index contributed by atoms with van der Waals surface area (Å²) in [5, 5.41) is 16.4. The van der Waals surface area contributed by atoms with E-state index >= 15 is 0 Å². The summed E-state index contributed by atoms with van der Waals surface area (Å²) in [5.41, 5.74) is 0.419. The van der Waals surface area contributed by atoms with E-state index in [1.807, 2.05) is 30.3 Å². The number of hydrogen-bond acceptors (Lipinski definition) is 4. The summed E-state index contributed by atoms with van der Waals surface area (Å²) < 4.78 is 1.30. The second-order valence-corrected chi connectivity index (χ2v) is 6.53. The van der Waals surface area contributed by atoms with Gasteiger partial charge in [-0.1, -0.05) is 41.9 Å². The molecule has 1 aliphatic rings. The van der Waals surface area contributed by atoms with Crippen LogP contribution in [0.4, 0.5) is 5.69 Å². The second-order valence-electron chi connectivity index (χ2n) is 6.15. The first-order chi connectivity index (χ1) is 11.5. The molecule has 2 N–H and O–H groups in total. The Balaban J connectivity index is 1.82. The van der Waals surface area contributed by atoms with Gasteiger partial charge in [-0.3, -0.25) is 9.59 Å². The number of nitrogens with one attached hydrogen (secondary N) is 1. The Bertz CT molecular complexity index is 800. The Labute approximate surface area is 144 Å². The Morgan fingerprint density at radius 3 is 2.62 bits per heavy atom. The summed E-state index contributed by atoms with van der Waals surface area (Å²) in [4.78, 5) is 23.5. The van der Waals surface area contributed by atoms with Crippen LogP contribution in [0.5, 0.6) is 0 Å². The number of nitrogens with zero attached hydrogens (tertiary/aromatic N) is 2. The van der Waals surface area contributed by atoms with Gasteiger partial charge >= 0.3 is 5.97 Å². The minimum absolute atomic E-state index is 0.00354. The quantitative estimate of drug-likeness (QED) is 0.839. The topological polar surface area (TPSA) is 84.2 Å². The van der Waals surface area contributed by atoms with E-state index in [-0.39, 0.29) is 11.4 Å². The van der Waals surface area contributed by atoms with Gasteiger partial charge in [0.25, 0.3) is 5.56 Å². The Kier molecular flexibility index (Phi) is 4.57. The Hall–Kier alpha value is -2.34. The first-order valence-electron chi connectivity index (χ1n) is 7.79. The van der Waals surface area contributed by atoms with E-state index in [0.29, 0.717) is 12.2 Å². The largest absolute Gasteiger partial charge is 0.481 e. The zero-order valence-electron chi connectivity index (χ0n) is 13.0. The van der Waals surface area contributed by atoms with E-state index in [0.717, 1.165) is 24.8 Å². The maximum absolute atomic E-state index is 12.4. The summed E-state index contributed by atoms with van der Waals surface area (Å²) in [6.45, 7) is 0.333. The number of rotatable bonds is 6. The van der Waals surface area contributed by atoms with E-state index in [9.17, 15) is 9.59 Å². The van der Waals surface area contributed by atoms with Gasteiger partial charge in [0.15, 0.2) is 0 Å². The molecule has 24 heavy (non-hydrogen) atoms. The molecule has 0 radical (unpaired) electrons. The third-order valence-electron chi connectivity index (χ3n) is 4.36. The van der Waals surface area contributed by atoms with E-state index in [1.54, 1.807) is 0 Å². The summed E-state index contributed by atoms with van der Waals surface area (Å²) >= 11 is 6.21. The lowest BCUT2D eigenvalue weighted by Gasteiger charge is -2.42. The zero-order chi connectivity index (χ0) is 17.2. The average Bonchev–Trinajstić information content (AvgIpc) is 2.53. The number of anilines is 1. The summed E-state index contributed by atoms with van der Waals surface area (Å²) in [6, 6.07) is 9.50. The molecular weight excluding hydrogens is 330 g/mol. The molecule has 0 atom stereocenters. The molecule has 1 aliphatic carbocycles. The van der Waals surface area contributed by atoms with Crippen molar-refractivity contribution in [2.24, 2.45) is 0 Å². The second kappa shape index (κ2) is 6.65. The number of carbonyl (C=O) groups is 1. The van der Waals surface area contributed by atoms with Crippen LogP contribution in [-0.4, -0.2) is 26.4 Å². The SMILES string of the molecule is O=C(O)CC1(Nc2cnn(Cc3ccccc3)c(=O)c2Cl)CCC1. The highest BCUT2D eigenvalue weighted by Gasteiger charge is 2.39. The highest BCUT2D eigenvalue weighted by atomic mass is 35.5. The standard InChI is InChI=1S/C17H18ClN3O3/c18-15-13(20-17(7-4-8-17)9-14(22)23)10-19-21(16(15)24)11-12-5-2-1-3-6-12/h1-3,5-6,10,20H,4,7-9,11H2,(H,22,23). The maximum atomic E-state index is 12.4. The molecule has 2 aromatic rings. The summed E-state index contributed by atoms with van der Waals surface area (Å²) in [7, 11) is 0. The molecule has 3 rings (SSSR count). The fraction of sp³-hybridized carbons (Fsp3) is 0.353. The van der Waals surface area contributed by atoms with E-state index in [4.69, 9.17) is 16.7 Å². The van der Waals surface area contributed by atoms with Gasteiger partial charge in [-0.15, -0.1) is 0 Å². The molecule has 0 bridgehead atoms. The maximum Gasteiger partial charge on any atom is 0.305 e. The fourth-order valence-electron chi connectivity index (χ4n) is 2.95. The Morgan fingerprint density at radius 2 is 2.04 bits per heavy atom. The molecule has 0 aliphatic heterocycles. The van der Waals surface area contributed by atoms with Crippen molar-refractivity contribution in [3.05, 3.63) is 57.5 Å². The fourth-order valence-corrected chi connectivity index (χ4v) is 3.14. The van der Waals surface area contributed by atoms with Gasteiger partial charge < -0.3 is 10.4 Å². The van der Waals surface area contributed by atoms with Crippen molar-refractivity contribution >= 4 is 23.3 Å². The van der Waals surface area contributed by atoms with E-state index in [1.165, 1.54) is 10.9 Å². The van der Waals surface area contributed by atoms with Crippen LogP contribution >= 0.6 is 11.6 Å². The van der Waals surface area contributed by atoms with Gasteiger partial charge in [0.2, 0.25) is 0 Å². The highest BCUT2D eigenvalue weighted by Crippen LogP contribution is 2.39. The van der Waals surface area contributed by atoms with Crippen LogP contribution in [0.15, 0.2) is 41.3 Å². The number of aromatic nitrogens is 2. The minimum Gasteiger partial charge on any atom is -0.481 e. The molecule has 0 unspecified atom stereocenters. The molecule has 0 spiro atoms. The number of carboxylic acids is 1. The molecule has 1 saturated carbocycles. The lowest BCUT2D eigenvalue weighted by molar-refractivity contribution is -0.138. The van der Waals surface area contributed by atoms with Crippen LogP contribution < -0.4 is 10.9 Å². The monoisotopic (exact) mass is 347 g/mol. The van der Waals surface area contributed by atoms with Gasteiger partial charge in [-0.25, -0.2) is 4.68 Å². The number of hydrogen-bond donors (Lipinski definition) is 2. The van der Waals surface area contributed by atoms with Crippen molar-refractivity contribution in [2.75, 3.05) is 5.32 Å². The molecule has 126 valence electrons. The molecule has 1 aromatic heterocycles. The van der Waals surface area contributed by atoms with Crippen LogP contribution in [0, 0.1) is 0 Å². The van der Waals surface area contributed by atoms with Crippen molar-refractivity contribution in [1.82, 2.24) is 9.78 Å². The third-order valence-corrected chi connectivity index (χ3v) is 4.73. The van der Waals surface area contributed by atoms with Gasteiger partial charge in [-0.05, 0) is 24.8 Å². The van der Waals surface area contributed by atoms with Crippen LogP contribution in [0.3, 0.4) is 0 Å². The van der Waals surface area contributed by atoms with E-state index in [2.05, 4.69) is 10.4 Å². The van der Waals surface area contributed by atoms with Gasteiger partial charge in [0.05, 0.1) is 24.8 Å². The third kappa shape index (κ3) is 3.43. The lowest BCUT2D eigenvalue weighted by atomic mass is 9.74. The molecule has 6 nitrogen and oxygen atoms in total. The molecular formula is C17H18ClN3O3. The first kappa shape index (κ1) is 16.5. The van der Waals surface area contributed by atoms with Crippen molar-refractivity contribution in [2.45, 2.75) is 37.8 Å². The van der Waals surface area contributed by atoms with Gasteiger partial charge in [-0.2, -0.15) is 5.10 Å². The summed E-state index contributed by atoms with van der Waals surface area (Å²) in [6.07, 6.45) is 3.92. The number of benzene rings is 1. The lowest BCUT2D eigenvalue weighted by Crippen LogP contribution is -2.47. The van der Waals surface area contributed by atoms with Crippen molar-refractivity contribution < 1.29 is 9.90 Å². The van der Waals surface area contributed by atoms with Crippen molar-refractivity contribution in [3.8, 4) is 0 Å². The van der Waals surface area contributed by atoms with Crippen LogP contribution in [0.2, 0.25) is 5.02 Å². The molecule has 0 saturated heterocycles. The van der Waals surface area contributed by atoms with Crippen LogP contribution in [0.25, 0.3) is 0 Å². The van der Waals surface area contributed by atoms with Crippen molar-refractivity contribution in [3.63, 3.8) is 0 Å². The minimum atomic E-state index is -0.872. The van der Waals surface area contributed by atoms with Crippen LogP contribution in [0.1, 0.15) is 31.2 Å². The molecule has 0 amide bonds. The first-order valence-corrected chi connectivity index (χ1v) is 8.16. The number of carboxylic acid groups (broad SMARTS) is 1. The predicted molar refractivity (Wildman–Crippen MR) is 91.5 cm³/mol. The number of halogens is 1. The van der Waals surface area contributed by atoms with Gasteiger partial charge in [0, 0.05) is 5.54 Å². The number of aliphatic carboxylic acids is 1. The molecule has 1 heterocycles. The highest BCUT2D eigenvalue weighted by molar-refractivity contribution is 6.33. The molecule has 7 heteroatoms. The molecule has 1 aromatic carbocycles. The van der Waals surface area contributed by atoms with E-state index < -0.39 is 17.1 Å². The summed E-state index contributed by atoms with van der Waals surface area (Å²) in [5.74, 6) is -0.872. The van der Waals surface area contributed by atoms with Crippen molar-refractivity contribution in [1.29, 1.82) is 0 Å². The smallest absolute Gasteiger partial charge is 0.305 e. The molecule has 1 fully saturated rings. The van der Waals surface area contributed by atoms with Crippen LogP contribution in [-0.2, 0) is 11.3 Å². The normalized spacial score (nSPS) is 15.5. The Morgan fingerprint density at radius 1 is 1.33 bits per heavy atom. The average molecular weight is 348 g/mol. The van der Waals surface area contributed by atoms with Gasteiger partial charge in [0.1, 0.15) is 5.02 Å².